The molecule has 0 aliphatic carbocycles. The second-order valence-electron chi connectivity index (χ2n) is 2.49. The van der Waals surface area contributed by atoms with Crippen molar-refractivity contribution in [3.8, 4) is 0 Å². The van der Waals surface area contributed by atoms with Crippen LogP contribution in [0.5, 0.6) is 0 Å². The van der Waals surface area contributed by atoms with Crippen molar-refractivity contribution in [2.24, 2.45) is 0 Å². The fraction of sp³-hybridized carbons (Fsp3) is 0. The van der Waals surface area contributed by atoms with Gasteiger partial charge in [-0.3, -0.25) is 10.1 Å². The van der Waals surface area contributed by atoms with Crippen LogP contribution in [0.25, 0.3) is 4.98 Å². The summed E-state index contributed by atoms with van der Waals surface area (Å²) in [6.45, 7) is 0. The number of rotatable bonds is 1. The fourth-order valence-corrected chi connectivity index (χ4v) is 1.09. The Morgan fingerprint density at radius 1 is 1.35 bits per heavy atom. The lowest BCUT2D eigenvalue weighted by Crippen LogP contribution is -2.02. The summed E-state index contributed by atoms with van der Waals surface area (Å²) in [6, 6.07) is 4.08. The van der Waals surface area contributed by atoms with Crippen molar-refractivity contribution in [3.63, 3.8) is 0 Å². The number of nitrogens with zero attached hydrogens (tertiary/aromatic N) is 3. The molecule has 0 N–H and O–H groups in total. The Morgan fingerprint density at radius 2 is 1.82 bits per heavy atom. The SMILES string of the molecule is F[B-](F)(F)F.N#[N+]c1ccc(Br)c([N+](=O)[O-])c1. The van der Waals surface area contributed by atoms with Gasteiger partial charge in [0.2, 0.25) is 5.39 Å². The molecule has 1 aromatic carbocycles. The molecule has 0 atom stereocenters. The lowest BCUT2D eigenvalue weighted by Gasteiger charge is -1.94. The van der Waals surface area contributed by atoms with Gasteiger partial charge in [-0.05, 0) is 22.0 Å². The summed E-state index contributed by atoms with van der Waals surface area (Å²) in [5.74, 6) is 0. The van der Waals surface area contributed by atoms with Crippen LogP contribution in [0.2, 0.25) is 0 Å². The van der Waals surface area contributed by atoms with Crippen molar-refractivity contribution in [3.05, 3.63) is 37.8 Å². The van der Waals surface area contributed by atoms with Crippen LogP contribution in [0.4, 0.5) is 28.6 Å². The van der Waals surface area contributed by atoms with E-state index in [2.05, 4.69) is 20.9 Å². The summed E-state index contributed by atoms with van der Waals surface area (Å²) >= 11 is 3.00. The third-order valence-corrected chi connectivity index (χ3v) is 1.91. The zero-order chi connectivity index (χ0) is 13.6. The van der Waals surface area contributed by atoms with Crippen LogP contribution >= 0.6 is 15.9 Å². The Morgan fingerprint density at radius 3 is 2.18 bits per heavy atom. The minimum atomic E-state index is -6.00. The molecule has 0 saturated carbocycles. The van der Waals surface area contributed by atoms with E-state index in [-0.39, 0.29) is 11.4 Å². The van der Waals surface area contributed by atoms with Gasteiger partial charge in [0.05, 0.1) is 9.40 Å². The van der Waals surface area contributed by atoms with E-state index in [1.807, 2.05) is 0 Å². The van der Waals surface area contributed by atoms with Crippen LogP contribution in [-0.2, 0) is 0 Å². The van der Waals surface area contributed by atoms with Crippen LogP contribution in [-0.4, -0.2) is 12.2 Å². The van der Waals surface area contributed by atoms with Crippen molar-refractivity contribution in [1.82, 2.24) is 0 Å². The summed E-state index contributed by atoms with van der Waals surface area (Å²) in [5, 5.41) is 18.7. The van der Waals surface area contributed by atoms with Gasteiger partial charge in [0, 0.05) is 6.07 Å². The maximum Gasteiger partial charge on any atom is 0.673 e. The number of nitro groups is 1. The number of hydrogen-bond acceptors (Lipinski definition) is 3. The van der Waals surface area contributed by atoms with Gasteiger partial charge in [0.25, 0.3) is 5.69 Å². The minimum absolute atomic E-state index is 0.120. The molecule has 0 aliphatic heterocycles. The topological polar surface area (TPSA) is 71.3 Å². The highest BCUT2D eigenvalue weighted by Crippen LogP contribution is 2.28. The van der Waals surface area contributed by atoms with E-state index in [0.717, 1.165) is 0 Å². The van der Waals surface area contributed by atoms with Crippen molar-refractivity contribution >= 4 is 34.6 Å². The average molecular weight is 316 g/mol. The molecule has 17 heavy (non-hydrogen) atoms. The molecule has 1 rings (SSSR count). The fourth-order valence-electron chi connectivity index (χ4n) is 0.703. The number of halogens is 5. The van der Waals surface area contributed by atoms with Crippen LogP contribution in [0.1, 0.15) is 0 Å². The Balaban J connectivity index is 0.000000437. The third-order valence-electron chi connectivity index (χ3n) is 1.24. The van der Waals surface area contributed by atoms with Gasteiger partial charge in [-0.2, -0.15) is 0 Å². The smallest absolute Gasteiger partial charge is 0.418 e. The van der Waals surface area contributed by atoms with E-state index in [0.29, 0.717) is 4.47 Å². The molecule has 0 aromatic heterocycles. The summed E-state index contributed by atoms with van der Waals surface area (Å²) in [6.07, 6.45) is 0. The molecular weight excluding hydrogens is 313 g/mol. The molecule has 1 aromatic rings. The van der Waals surface area contributed by atoms with Crippen LogP contribution < -0.4 is 0 Å². The largest absolute Gasteiger partial charge is 0.673 e. The zero-order valence-electron chi connectivity index (χ0n) is 7.86. The van der Waals surface area contributed by atoms with Crippen molar-refractivity contribution in [1.29, 1.82) is 5.39 Å². The van der Waals surface area contributed by atoms with Crippen LogP contribution in [0.3, 0.4) is 0 Å². The van der Waals surface area contributed by atoms with E-state index in [9.17, 15) is 27.4 Å². The molecule has 0 saturated heterocycles. The molecular formula is C6H3BBrF4N3O2. The van der Waals surface area contributed by atoms with E-state index in [4.69, 9.17) is 5.39 Å². The molecule has 0 amide bonds. The molecule has 0 fully saturated rings. The van der Waals surface area contributed by atoms with Gasteiger partial charge in [-0.15, -0.1) is 0 Å². The molecule has 0 heterocycles. The Hall–Kier alpha value is -1.70. The zero-order valence-corrected chi connectivity index (χ0v) is 9.44. The highest BCUT2D eigenvalue weighted by molar-refractivity contribution is 9.10. The van der Waals surface area contributed by atoms with Crippen molar-refractivity contribution in [2.75, 3.05) is 0 Å². The first-order valence-electron chi connectivity index (χ1n) is 3.81. The van der Waals surface area contributed by atoms with E-state index in [1.54, 1.807) is 0 Å². The normalized spacial score (nSPS) is 9.88. The summed E-state index contributed by atoms with van der Waals surface area (Å²) < 4.78 is 39.4. The first-order valence-corrected chi connectivity index (χ1v) is 4.61. The van der Waals surface area contributed by atoms with Gasteiger partial charge in [-0.25, -0.2) is 0 Å². The van der Waals surface area contributed by atoms with Gasteiger partial charge in [0.15, 0.2) is 4.98 Å². The quantitative estimate of drug-likeness (QED) is 0.257. The molecule has 0 spiro atoms. The predicted octanol–water partition coefficient (Wildman–Crippen LogP) is 4.14. The Labute approximate surface area is 100 Å². The average Bonchev–Trinajstić information content (AvgIpc) is 2.15. The molecule has 0 radical (unpaired) electrons. The molecule has 92 valence electrons. The second-order valence-corrected chi connectivity index (χ2v) is 3.34. The highest BCUT2D eigenvalue weighted by atomic mass is 79.9. The number of nitro benzene ring substituents is 1. The van der Waals surface area contributed by atoms with E-state index < -0.39 is 12.2 Å². The lowest BCUT2D eigenvalue weighted by molar-refractivity contribution is -0.385. The van der Waals surface area contributed by atoms with Gasteiger partial charge in [-0.1, -0.05) is 0 Å². The Kier molecular flexibility index (Phi) is 5.53. The lowest BCUT2D eigenvalue weighted by atomic mass is 10.3. The van der Waals surface area contributed by atoms with E-state index >= 15 is 0 Å². The number of benzene rings is 1. The summed E-state index contributed by atoms with van der Waals surface area (Å²) in [7, 11) is -6.00. The van der Waals surface area contributed by atoms with Gasteiger partial charge >= 0.3 is 12.9 Å². The second kappa shape index (κ2) is 6.14. The van der Waals surface area contributed by atoms with Crippen LogP contribution in [0.15, 0.2) is 22.7 Å². The molecule has 0 bridgehead atoms. The highest BCUT2D eigenvalue weighted by Gasteiger charge is 2.20. The predicted molar refractivity (Wildman–Crippen MR) is 55.7 cm³/mol. The third kappa shape index (κ3) is 7.23. The van der Waals surface area contributed by atoms with Crippen molar-refractivity contribution < 1.29 is 22.2 Å². The first kappa shape index (κ1) is 15.3. The molecule has 0 unspecified atom stereocenters. The number of hydrogen-bond donors (Lipinski definition) is 0. The minimum Gasteiger partial charge on any atom is -0.418 e. The van der Waals surface area contributed by atoms with E-state index in [1.165, 1.54) is 18.2 Å². The number of diazo groups is 1. The first-order chi connectivity index (χ1) is 7.65. The Bertz CT molecular complexity index is 456. The molecule has 0 aliphatic rings. The van der Waals surface area contributed by atoms with Crippen LogP contribution in [0, 0.1) is 15.5 Å². The van der Waals surface area contributed by atoms with Gasteiger partial charge in [0.1, 0.15) is 6.07 Å². The monoisotopic (exact) mass is 315 g/mol. The molecule has 5 nitrogen and oxygen atoms in total. The summed E-state index contributed by atoms with van der Waals surface area (Å²) in [5.41, 5.74) is 0.0372. The standard InChI is InChI=1S/C6H3BrN3O2.BF4/c7-5-2-1-4(9-8)3-6(5)10(11)12;2-1(3,4)5/h1-3H;/q+1;-1. The van der Waals surface area contributed by atoms with Crippen molar-refractivity contribution in [2.45, 2.75) is 0 Å². The van der Waals surface area contributed by atoms with Gasteiger partial charge < -0.3 is 17.3 Å². The summed E-state index contributed by atoms with van der Waals surface area (Å²) in [4.78, 5) is 12.6. The maximum atomic E-state index is 10.3. The molecule has 11 heteroatoms. The maximum absolute atomic E-state index is 10.3.